The van der Waals surface area contributed by atoms with Gasteiger partial charge in [-0.25, -0.2) is 8.42 Å². The number of hydrogen-bond donors (Lipinski definition) is 1. The van der Waals surface area contributed by atoms with Gasteiger partial charge in [0.2, 0.25) is 11.8 Å². The van der Waals surface area contributed by atoms with E-state index in [1.165, 1.54) is 17.0 Å². The summed E-state index contributed by atoms with van der Waals surface area (Å²) in [6, 6.07) is 22.1. The van der Waals surface area contributed by atoms with Crippen LogP contribution in [0.2, 0.25) is 0 Å². The maximum Gasteiger partial charge on any atom is 0.264 e. The molecule has 0 saturated carbocycles. The second-order valence-electron chi connectivity index (χ2n) is 9.26. The second-order valence-corrected chi connectivity index (χ2v) is 11.1. The standard InChI is InChI=1S/C30H37N3O4S/c1-5-20-31-30(35)24(4)32(21-26-13-11-10-12-23(26)3)29(34)22-33(27-18-16-25(6-2)17-19-27)38(36,37)28-14-8-7-9-15-28/h7-19,24H,5-6,20-22H2,1-4H3,(H,31,35)/t24-/m1/s1. The summed E-state index contributed by atoms with van der Waals surface area (Å²) < 4.78 is 28.7. The van der Waals surface area contributed by atoms with E-state index in [2.05, 4.69) is 5.32 Å². The molecule has 0 heterocycles. The number of carbonyl (C=O) groups excluding carboxylic acids is 2. The number of hydrogen-bond acceptors (Lipinski definition) is 4. The first kappa shape index (κ1) is 28.9. The van der Waals surface area contributed by atoms with Gasteiger partial charge < -0.3 is 10.2 Å². The van der Waals surface area contributed by atoms with E-state index >= 15 is 0 Å². The third-order valence-electron chi connectivity index (χ3n) is 6.56. The Morgan fingerprint density at radius 3 is 2.13 bits per heavy atom. The highest BCUT2D eigenvalue weighted by Gasteiger charge is 2.32. The lowest BCUT2D eigenvalue weighted by Crippen LogP contribution is -2.51. The fraction of sp³-hybridized carbons (Fsp3) is 0.333. The Morgan fingerprint density at radius 1 is 0.895 bits per heavy atom. The molecule has 202 valence electrons. The van der Waals surface area contributed by atoms with Crippen molar-refractivity contribution in [1.82, 2.24) is 10.2 Å². The average Bonchev–Trinajstić information content (AvgIpc) is 2.94. The molecule has 0 bridgehead atoms. The van der Waals surface area contributed by atoms with Crippen molar-refractivity contribution in [2.24, 2.45) is 0 Å². The van der Waals surface area contributed by atoms with E-state index in [0.29, 0.717) is 12.2 Å². The molecule has 0 aliphatic heterocycles. The van der Waals surface area contributed by atoms with E-state index in [-0.39, 0.29) is 17.3 Å². The molecule has 38 heavy (non-hydrogen) atoms. The zero-order valence-corrected chi connectivity index (χ0v) is 23.4. The van der Waals surface area contributed by atoms with Crippen LogP contribution in [0.3, 0.4) is 0 Å². The quantitative estimate of drug-likeness (QED) is 0.364. The molecule has 0 aliphatic carbocycles. The molecule has 7 nitrogen and oxygen atoms in total. The first-order valence-electron chi connectivity index (χ1n) is 13.0. The predicted octanol–water partition coefficient (Wildman–Crippen LogP) is 4.70. The van der Waals surface area contributed by atoms with Crippen LogP contribution < -0.4 is 9.62 Å². The highest BCUT2D eigenvalue weighted by Crippen LogP contribution is 2.25. The predicted molar refractivity (Wildman–Crippen MR) is 151 cm³/mol. The van der Waals surface area contributed by atoms with Gasteiger partial charge in [-0.1, -0.05) is 68.4 Å². The molecule has 0 saturated heterocycles. The monoisotopic (exact) mass is 535 g/mol. The van der Waals surface area contributed by atoms with Crippen molar-refractivity contribution in [2.45, 2.75) is 58.0 Å². The van der Waals surface area contributed by atoms with E-state index < -0.39 is 28.5 Å². The minimum Gasteiger partial charge on any atom is -0.354 e. The van der Waals surface area contributed by atoms with E-state index in [1.54, 1.807) is 37.3 Å². The summed E-state index contributed by atoms with van der Waals surface area (Å²) in [7, 11) is -4.06. The number of carbonyl (C=O) groups is 2. The van der Waals surface area contributed by atoms with Gasteiger partial charge in [0, 0.05) is 13.1 Å². The third kappa shape index (κ3) is 7.01. The summed E-state index contributed by atoms with van der Waals surface area (Å²) in [5, 5.41) is 2.86. The molecule has 3 aromatic rings. The van der Waals surface area contributed by atoms with Crippen LogP contribution in [0.15, 0.2) is 83.8 Å². The summed E-state index contributed by atoms with van der Waals surface area (Å²) in [6.07, 6.45) is 1.57. The summed E-state index contributed by atoms with van der Waals surface area (Å²) in [4.78, 5) is 28.4. The van der Waals surface area contributed by atoms with E-state index in [1.807, 2.05) is 57.2 Å². The fourth-order valence-electron chi connectivity index (χ4n) is 4.10. The van der Waals surface area contributed by atoms with E-state index in [4.69, 9.17) is 0 Å². The molecule has 1 N–H and O–H groups in total. The summed E-state index contributed by atoms with van der Waals surface area (Å²) in [5.41, 5.74) is 3.31. The van der Waals surface area contributed by atoms with Gasteiger partial charge in [-0.3, -0.25) is 13.9 Å². The molecule has 0 unspecified atom stereocenters. The Hall–Kier alpha value is -3.65. The molecular formula is C30H37N3O4S. The van der Waals surface area contributed by atoms with Crippen LogP contribution in [0.5, 0.6) is 0 Å². The number of rotatable bonds is 12. The Bertz CT molecular complexity index is 1330. The van der Waals surface area contributed by atoms with Crippen molar-refractivity contribution in [3.05, 3.63) is 95.6 Å². The average molecular weight is 536 g/mol. The van der Waals surface area contributed by atoms with Crippen LogP contribution in [-0.4, -0.2) is 44.3 Å². The van der Waals surface area contributed by atoms with Crippen molar-refractivity contribution in [2.75, 3.05) is 17.4 Å². The molecule has 0 aromatic heterocycles. The number of aryl methyl sites for hydroxylation is 2. The molecule has 0 fully saturated rings. The van der Waals surface area contributed by atoms with Crippen LogP contribution in [-0.2, 0) is 32.6 Å². The molecule has 8 heteroatoms. The summed E-state index contributed by atoms with van der Waals surface area (Å²) >= 11 is 0. The van der Waals surface area contributed by atoms with E-state index in [9.17, 15) is 18.0 Å². The smallest absolute Gasteiger partial charge is 0.264 e. The molecule has 2 amide bonds. The first-order chi connectivity index (χ1) is 18.2. The Balaban J connectivity index is 2.02. The minimum atomic E-state index is -4.06. The van der Waals surface area contributed by atoms with Gasteiger partial charge in [0.05, 0.1) is 10.6 Å². The normalized spacial score (nSPS) is 12.0. The molecule has 3 aromatic carbocycles. The highest BCUT2D eigenvalue weighted by molar-refractivity contribution is 7.92. The molecule has 3 rings (SSSR count). The van der Waals surface area contributed by atoms with Crippen molar-refractivity contribution < 1.29 is 18.0 Å². The molecular weight excluding hydrogens is 498 g/mol. The topological polar surface area (TPSA) is 86.8 Å². The van der Waals surface area contributed by atoms with E-state index in [0.717, 1.165) is 33.8 Å². The number of nitrogens with zero attached hydrogens (tertiary/aromatic N) is 2. The number of sulfonamides is 1. The number of nitrogens with one attached hydrogen (secondary N) is 1. The van der Waals surface area contributed by atoms with Crippen LogP contribution in [0.1, 0.15) is 43.9 Å². The molecule has 0 aliphatic rings. The minimum absolute atomic E-state index is 0.0894. The van der Waals surface area contributed by atoms with Gasteiger partial charge in [-0.2, -0.15) is 0 Å². The molecule has 0 radical (unpaired) electrons. The lowest BCUT2D eigenvalue weighted by atomic mass is 10.1. The Labute approximate surface area is 226 Å². The van der Waals surface area contributed by atoms with Crippen LogP contribution in [0.4, 0.5) is 5.69 Å². The second kappa shape index (κ2) is 13.2. The summed E-state index contributed by atoms with van der Waals surface area (Å²) in [5.74, 6) is -0.745. The number of amides is 2. The maximum absolute atomic E-state index is 13.9. The van der Waals surface area contributed by atoms with Crippen molar-refractivity contribution >= 4 is 27.5 Å². The molecule has 0 spiro atoms. The van der Waals surface area contributed by atoms with Crippen LogP contribution in [0, 0.1) is 6.92 Å². The van der Waals surface area contributed by atoms with Gasteiger partial charge in [-0.05, 0) is 67.6 Å². The zero-order chi connectivity index (χ0) is 27.7. The van der Waals surface area contributed by atoms with Crippen LogP contribution >= 0.6 is 0 Å². The lowest BCUT2D eigenvalue weighted by molar-refractivity contribution is -0.139. The first-order valence-corrected chi connectivity index (χ1v) is 14.4. The van der Waals surface area contributed by atoms with Crippen molar-refractivity contribution in [1.29, 1.82) is 0 Å². The lowest BCUT2D eigenvalue weighted by Gasteiger charge is -2.32. The fourth-order valence-corrected chi connectivity index (χ4v) is 5.53. The van der Waals surface area contributed by atoms with Gasteiger partial charge in [0.25, 0.3) is 10.0 Å². The number of anilines is 1. The third-order valence-corrected chi connectivity index (χ3v) is 8.35. The molecule has 1 atom stereocenters. The van der Waals surface area contributed by atoms with Gasteiger partial charge in [0.15, 0.2) is 0 Å². The SMILES string of the molecule is CCCNC(=O)[C@@H](C)N(Cc1ccccc1C)C(=O)CN(c1ccc(CC)cc1)S(=O)(=O)c1ccccc1. The Morgan fingerprint density at radius 2 is 1.53 bits per heavy atom. The Kier molecular flexibility index (Phi) is 10.1. The number of benzene rings is 3. The van der Waals surface area contributed by atoms with Crippen LogP contribution in [0.25, 0.3) is 0 Å². The van der Waals surface area contributed by atoms with Gasteiger partial charge >= 0.3 is 0 Å². The van der Waals surface area contributed by atoms with Crippen molar-refractivity contribution in [3.8, 4) is 0 Å². The zero-order valence-electron chi connectivity index (χ0n) is 22.6. The van der Waals surface area contributed by atoms with Crippen molar-refractivity contribution in [3.63, 3.8) is 0 Å². The largest absolute Gasteiger partial charge is 0.354 e. The highest BCUT2D eigenvalue weighted by atomic mass is 32.2. The summed E-state index contributed by atoms with van der Waals surface area (Å²) in [6.45, 7) is 7.82. The van der Waals surface area contributed by atoms with Gasteiger partial charge in [-0.15, -0.1) is 0 Å². The van der Waals surface area contributed by atoms with Gasteiger partial charge in [0.1, 0.15) is 12.6 Å². The maximum atomic E-state index is 13.9.